The van der Waals surface area contributed by atoms with Gasteiger partial charge in [-0.15, -0.1) is 0 Å². The fourth-order valence-corrected chi connectivity index (χ4v) is 1.81. The van der Waals surface area contributed by atoms with E-state index in [9.17, 15) is 4.79 Å². The highest BCUT2D eigenvalue weighted by molar-refractivity contribution is 6.33. The predicted octanol–water partition coefficient (Wildman–Crippen LogP) is 2.60. The summed E-state index contributed by atoms with van der Waals surface area (Å²) in [4.78, 5) is 15.3. The van der Waals surface area contributed by atoms with Gasteiger partial charge < -0.3 is 15.5 Å². The van der Waals surface area contributed by atoms with Crippen molar-refractivity contribution in [3.63, 3.8) is 0 Å². The molecule has 0 radical (unpaired) electrons. The standard InChI is InChI=1S/C13H14ClN3O2/c1-2-9-6-17-12(19-9)7-16-8-3-4-11(14)10(5-8)13(15)18/h3-6,16H,2,7H2,1H3,(H2,15,18). The predicted molar refractivity (Wildman–Crippen MR) is 73.2 cm³/mol. The fourth-order valence-electron chi connectivity index (χ4n) is 1.59. The summed E-state index contributed by atoms with van der Waals surface area (Å²) in [6, 6.07) is 4.99. The molecule has 0 aliphatic rings. The van der Waals surface area contributed by atoms with Gasteiger partial charge in [-0.05, 0) is 18.2 Å². The van der Waals surface area contributed by atoms with Crippen molar-refractivity contribution in [2.24, 2.45) is 5.73 Å². The van der Waals surface area contributed by atoms with Crippen LogP contribution in [0.4, 0.5) is 5.69 Å². The van der Waals surface area contributed by atoms with Gasteiger partial charge in [0.15, 0.2) is 0 Å². The minimum absolute atomic E-state index is 0.285. The van der Waals surface area contributed by atoms with Gasteiger partial charge in [0.1, 0.15) is 5.76 Å². The quantitative estimate of drug-likeness (QED) is 0.881. The number of oxazole rings is 1. The van der Waals surface area contributed by atoms with Crippen LogP contribution < -0.4 is 11.1 Å². The van der Waals surface area contributed by atoms with Gasteiger partial charge in [0, 0.05) is 12.1 Å². The van der Waals surface area contributed by atoms with Gasteiger partial charge in [-0.3, -0.25) is 4.79 Å². The summed E-state index contributed by atoms with van der Waals surface area (Å²) < 4.78 is 5.46. The molecule has 1 aromatic heterocycles. The number of hydrogen-bond donors (Lipinski definition) is 2. The number of nitrogens with zero attached hydrogens (tertiary/aromatic N) is 1. The lowest BCUT2D eigenvalue weighted by molar-refractivity contribution is 0.100. The Morgan fingerprint density at radius 3 is 2.95 bits per heavy atom. The summed E-state index contributed by atoms with van der Waals surface area (Å²) in [5, 5.41) is 3.43. The molecule has 5 nitrogen and oxygen atoms in total. The van der Waals surface area contributed by atoms with Crippen molar-refractivity contribution in [1.29, 1.82) is 0 Å². The van der Waals surface area contributed by atoms with Crippen molar-refractivity contribution >= 4 is 23.2 Å². The zero-order chi connectivity index (χ0) is 13.8. The van der Waals surface area contributed by atoms with Crippen LogP contribution in [-0.4, -0.2) is 10.9 Å². The van der Waals surface area contributed by atoms with Gasteiger partial charge >= 0.3 is 0 Å². The Hall–Kier alpha value is -2.01. The second-order valence-corrected chi connectivity index (χ2v) is 4.39. The number of nitrogens with two attached hydrogens (primary N) is 1. The fraction of sp³-hybridized carbons (Fsp3) is 0.231. The van der Waals surface area contributed by atoms with Crippen LogP contribution in [0.25, 0.3) is 0 Å². The molecule has 0 atom stereocenters. The van der Waals surface area contributed by atoms with Crippen LogP contribution in [0, 0.1) is 0 Å². The van der Waals surface area contributed by atoms with Crippen molar-refractivity contribution in [1.82, 2.24) is 4.98 Å². The SMILES string of the molecule is CCc1cnc(CNc2ccc(Cl)c(C(N)=O)c2)o1. The van der Waals surface area contributed by atoms with Crippen LogP contribution in [0.3, 0.4) is 0 Å². The first-order valence-electron chi connectivity index (χ1n) is 5.87. The van der Waals surface area contributed by atoms with E-state index in [1.165, 1.54) is 0 Å². The van der Waals surface area contributed by atoms with Crippen molar-refractivity contribution < 1.29 is 9.21 Å². The van der Waals surface area contributed by atoms with Gasteiger partial charge in [-0.2, -0.15) is 0 Å². The summed E-state index contributed by atoms with van der Waals surface area (Å²) in [6.45, 7) is 2.43. The van der Waals surface area contributed by atoms with E-state index >= 15 is 0 Å². The molecular weight excluding hydrogens is 266 g/mol. The Bertz CT molecular complexity index is 595. The van der Waals surface area contributed by atoms with Crippen LogP contribution in [0.5, 0.6) is 0 Å². The molecule has 1 heterocycles. The highest BCUT2D eigenvalue weighted by atomic mass is 35.5. The Labute approximate surface area is 115 Å². The van der Waals surface area contributed by atoms with Crippen molar-refractivity contribution in [2.75, 3.05) is 5.32 Å². The number of benzene rings is 1. The van der Waals surface area contributed by atoms with Gasteiger partial charge in [-0.1, -0.05) is 18.5 Å². The lowest BCUT2D eigenvalue weighted by atomic mass is 10.2. The number of carbonyl (C=O) groups is 1. The molecule has 6 heteroatoms. The molecular formula is C13H14ClN3O2. The second-order valence-electron chi connectivity index (χ2n) is 3.99. The van der Waals surface area contributed by atoms with E-state index < -0.39 is 5.91 Å². The Balaban J connectivity index is 2.07. The summed E-state index contributed by atoms with van der Waals surface area (Å²) in [5.41, 5.74) is 6.25. The first kappa shape index (κ1) is 13.4. The van der Waals surface area contributed by atoms with Crippen LogP contribution in [-0.2, 0) is 13.0 Å². The van der Waals surface area contributed by atoms with E-state index in [1.54, 1.807) is 24.4 Å². The summed E-state index contributed by atoms with van der Waals surface area (Å²) in [6.07, 6.45) is 2.51. The van der Waals surface area contributed by atoms with Crippen LogP contribution in [0.1, 0.15) is 28.9 Å². The zero-order valence-electron chi connectivity index (χ0n) is 10.4. The minimum atomic E-state index is -0.557. The second kappa shape index (κ2) is 5.75. The third kappa shape index (κ3) is 3.26. The van der Waals surface area contributed by atoms with E-state index in [0.29, 0.717) is 17.5 Å². The number of carbonyl (C=O) groups excluding carboxylic acids is 1. The largest absolute Gasteiger partial charge is 0.444 e. The minimum Gasteiger partial charge on any atom is -0.444 e. The summed E-state index contributed by atoms with van der Waals surface area (Å²) in [5.74, 6) is 0.871. The van der Waals surface area contributed by atoms with E-state index in [-0.39, 0.29) is 5.56 Å². The number of hydrogen-bond acceptors (Lipinski definition) is 4. The first-order chi connectivity index (χ1) is 9.10. The number of anilines is 1. The van der Waals surface area contributed by atoms with Crippen molar-refractivity contribution in [3.05, 3.63) is 46.6 Å². The third-order valence-corrected chi connectivity index (χ3v) is 2.96. The molecule has 1 aromatic carbocycles. The Morgan fingerprint density at radius 1 is 1.53 bits per heavy atom. The maximum Gasteiger partial charge on any atom is 0.250 e. The maximum absolute atomic E-state index is 11.2. The topological polar surface area (TPSA) is 81.1 Å². The monoisotopic (exact) mass is 279 g/mol. The molecule has 0 fully saturated rings. The molecule has 19 heavy (non-hydrogen) atoms. The van der Waals surface area contributed by atoms with E-state index in [4.69, 9.17) is 21.8 Å². The molecule has 0 saturated heterocycles. The molecule has 0 spiro atoms. The molecule has 3 N–H and O–H groups in total. The lowest BCUT2D eigenvalue weighted by Gasteiger charge is -2.06. The van der Waals surface area contributed by atoms with Gasteiger partial charge in [-0.25, -0.2) is 4.98 Å². The third-order valence-electron chi connectivity index (χ3n) is 2.63. The molecule has 0 aliphatic heterocycles. The number of aromatic nitrogens is 1. The van der Waals surface area contributed by atoms with Gasteiger partial charge in [0.2, 0.25) is 11.8 Å². The number of aryl methyl sites for hydroxylation is 1. The smallest absolute Gasteiger partial charge is 0.250 e. The number of rotatable bonds is 5. The van der Waals surface area contributed by atoms with Crippen molar-refractivity contribution in [3.8, 4) is 0 Å². The number of nitrogens with one attached hydrogen (secondary N) is 1. The number of primary amides is 1. The average molecular weight is 280 g/mol. The Kier molecular flexibility index (Phi) is 4.06. The van der Waals surface area contributed by atoms with Crippen LogP contribution in [0.15, 0.2) is 28.8 Å². The number of amides is 1. The van der Waals surface area contributed by atoms with Gasteiger partial charge in [0.05, 0.1) is 23.3 Å². The highest BCUT2D eigenvalue weighted by Gasteiger charge is 2.08. The lowest BCUT2D eigenvalue weighted by Crippen LogP contribution is -2.12. The van der Waals surface area contributed by atoms with Crippen molar-refractivity contribution in [2.45, 2.75) is 19.9 Å². The zero-order valence-corrected chi connectivity index (χ0v) is 11.2. The molecule has 0 unspecified atom stereocenters. The molecule has 100 valence electrons. The van der Waals surface area contributed by atoms with Gasteiger partial charge in [0.25, 0.3) is 0 Å². The molecule has 1 amide bonds. The van der Waals surface area contributed by atoms with E-state index in [0.717, 1.165) is 17.9 Å². The summed E-state index contributed by atoms with van der Waals surface area (Å²) >= 11 is 5.87. The molecule has 2 rings (SSSR count). The molecule has 0 aliphatic carbocycles. The Morgan fingerprint density at radius 2 is 2.32 bits per heavy atom. The van der Waals surface area contributed by atoms with Crippen LogP contribution >= 0.6 is 11.6 Å². The summed E-state index contributed by atoms with van der Waals surface area (Å²) in [7, 11) is 0. The highest BCUT2D eigenvalue weighted by Crippen LogP contribution is 2.20. The average Bonchev–Trinajstić information content (AvgIpc) is 2.85. The molecule has 2 aromatic rings. The van der Waals surface area contributed by atoms with E-state index in [1.807, 2.05) is 6.92 Å². The van der Waals surface area contributed by atoms with Crippen LogP contribution in [0.2, 0.25) is 5.02 Å². The normalized spacial score (nSPS) is 10.4. The maximum atomic E-state index is 11.2. The van der Waals surface area contributed by atoms with E-state index in [2.05, 4.69) is 10.3 Å². The first-order valence-corrected chi connectivity index (χ1v) is 6.24. The number of halogens is 1. The molecule has 0 bridgehead atoms. The molecule has 0 saturated carbocycles.